The fraction of sp³-hybridized carbons (Fsp3) is 0.364. The number of anilines is 1. The minimum atomic E-state index is -0.827. The second kappa shape index (κ2) is 5.70. The van der Waals surface area contributed by atoms with E-state index in [2.05, 4.69) is 5.32 Å². The molecule has 0 radical (unpaired) electrons. The summed E-state index contributed by atoms with van der Waals surface area (Å²) >= 11 is 5.60. The van der Waals surface area contributed by atoms with Crippen LogP contribution in [0.4, 0.5) is 10.1 Å². The standard InChI is InChI=1S/C11H13ClFNO2/c1-7(4-11(15)16)6-14-8-2-3-10(13)9(12)5-8/h2-3,5,7,14H,4,6H2,1H3,(H,15,16). The highest BCUT2D eigenvalue weighted by atomic mass is 35.5. The Balaban J connectivity index is 2.48. The summed E-state index contributed by atoms with van der Waals surface area (Å²) in [6.07, 6.45) is 0.0991. The van der Waals surface area contributed by atoms with Crippen molar-refractivity contribution >= 4 is 23.3 Å². The smallest absolute Gasteiger partial charge is 0.303 e. The van der Waals surface area contributed by atoms with Crippen LogP contribution in [0.5, 0.6) is 0 Å². The maximum Gasteiger partial charge on any atom is 0.303 e. The molecular weight excluding hydrogens is 233 g/mol. The number of benzene rings is 1. The van der Waals surface area contributed by atoms with Gasteiger partial charge in [0.2, 0.25) is 0 Å². The molecule has 1 atom stereocenters. The molecule has 0 bridgehead atoms. The van der Waals surface area contributed by atoms with E-state index in [9.17, 15) is 9.18 Å². The largest absolute Gasteiger partial charge is 0.481 e. The van der Waals surface area contributed by atoms with Gasteiger partial charge in [0, 0.05) is 18.7 Å². The Morgan fingerprint density at radius 1 is 1.62 bits per heavy atom. The summed E-state index contributed by atoms with van der Waals surface area (Å²) in [4.78, 5) is 10.4. The van der Waals surface area contributed by atoms with E-state index in [4.69, 9.17) is 16.7 Å². The SMILES string of the molecule is CC(CNc1ccc(F)c(Cl)c1)CC(=O)O. The number of hydrogen-bond acceptors (Lipinski definition) is 2. The molecule has 0 spiro atoms. The minimum Gasteiger partial charge on any atom is -0.481 e. The number of rotatable bonds is 5. The normalized spacial score (nSPS) is 12.2. The lowest BCUT2D eigenvalue weighted by atomic mass is 10.1. The Bertz CT molecular complexity index is 384. The van der Waals surface area contributed by atoms with E-state index in [1.54, 1.807) is 6.07 Å². The topological polar surface area (TPSA) is 49.3 Å². The molecule has 0 aliphatic rings. The number of halogens is 2. The molecule has 0 amide bonds. The van der Waals surface area contributed by atoms with Crippen LogP contribution >= 0.6 is 11.6 Å². The molecule has 5 heteroatoms. The van der Waals surface area contributed by atoms with Crippen molar-refractivity contribution in [1.29, 1.82) is 0 Å². The van der Waals surface area contributed by atoms with E-state index >= 15 is 0 Å². The highest BCUT2D eigenvalue weighted by Crippen LogP contribution is 2.19. The lowest BCUT2D eigenvalue weighted by molar-refractivity contribution is -0.137. The molecule has 2 N–H and O–H groups in total. The first kappa shape index (κ1) is 12.8. The van der Waals surface area contributed by atoms with Gasteiger partial charge in [0.25, 0.3) is 0 Å². The number of carboxylic acid groups (broad SMARTS) is 1. The maximum absolute atomic E-state index is 12.8. The molecule has 3 nitrogen and oxygen atoms in total. The van der Waals surface area contributed by atoms with Gasteiger partial charge in [-0.1, -0.05) is 18.5 Å². The van der Waals surface area contributed by atoms with Crippen molar-refractivity contribution in [2.45, 2.75) is 13.3 Å². The maximum atomic E-state index is 12.8. The van der Waals surface area contributed by atoms with Crippen molar-refractivity contribution in [2.24, 2.45) is 5.92 Å². The summed E-state index contributed by atoms with van der Waals surface area (Å²) < 4.78 is 12.8. The van der Waals surface area contributed by atoms with E-state index in [-0.39, 0.29) is 17.4 Å². The molecule has 0 aliphatic carbocycles. The fourth-order valence-corrected chi connectivity index (χ4v) is 1.45. The summed E-state index contributed by atoms with van der Waals surface area (Å²) in [6, 6.07) is 4.31. The number of nitrogens with one attached hydrogen (secondary N) is 1. The number of carbonyl (C=O) groups is 1. The predicted octanol–water partition coefficient (Wildman–Crippen LogP) is 3.00. The van der Waals surface area contributed by atoms with Crippen LogP contribution in [0.15, 0.2) is 18.2 Å². The first-order valence-electron chi connectivity index (χ1n) is 4.89. The molecule has 0 heterocycles. The van der Waals surface area contributed by atoms with Crippen molar-refractivity contribution in [3.63, 3.8) is 0 Å². The third-order valence-electron chi connectivity index (χ3n) is 2.10. The zero-order chi connectivity index (χ0) is 12.1. The van der Waals surface area contributed by atoms with Gasteiger partial charge in [0.1, 0.15) is 5.82 Å². The van der Waals surface area contributed by atoms with Crippen molar-refractivity contribution in [3.05, 3.63) is 29.0 Å². The Hall–Kier alpha value is -1.29. The van der Waals surface area contributed by atoms with E-state index in [1.165, 1.54) is 12.1 Å². The number of carboxylic acids is 1. The van der Waals surface area contributed by atoms with Crippen molar-refractivity contribution in [1.82, 2.24) is 0 Å². The van der Waals surface area contributed by atoms with E-state index in [0.717, 1.165) is 0 Å². The van der Waals surface area contributed by atoms with Gasteiger partial charge in [-0.25, -0.2) is 4.39 Å². The zero-order valence-corrected chi connectivity index (χ0v) is 9.59. The van der Waals surface area contributed by atoms with Crippen LogP contribution < -0.4 is 5.32 Å². The van der Waals surface area contributed by atoms with Crippen LogP contribution in [0.2, 0.25) is 5.02 Å². The van der Waals surface area contributed by atoms with Crippen molar-refractivity contribution in [2.75, 3.05) is 11.9 Å². The van der Waals surface area contributed by atoms with Gasteiger partial charge in [-0.2, -0.15) is 0 Å². The van der Waals surface area contributed by atoms with Crippen molar-refractivity contribution in [3.8, 4) is 0 Å². The quantitative estimate of drug-likeness (QED) is 0.838. The first-order chi connectivity index (χ1) is 7.49. The van der Waals surface area contributed by atoms with Gasteiger partial charge in [0.15, 0.2) is 0 Å². The molecular formula is C11H13ClFNO2. The fourth-order valence-electron chi connectivity index (χ4n) is 1.27. The first-order valence-corrected chi connectivity index (χ1v) is 5.27. The molecule has 1 rings (SSSR count). The van der Waals surface area contributed by atoms with Crippen LogP contribution in [0.1, 0.15) is 13.3 Å². The Labute approximate surface area is 98.2 Å². The van der Waals surface area contributed by atoms with Crippen LogP contribution in [-0.2, 0) is 4.79 Å². The monoisotopic (exact) mass is 245 g/mol. The van der Waals surface area contributed by atoms with Crippen molar-refractivity contribution < 1.29 is 14.3 Å². The van der Waals surface area contributed by atoms with Gasteiger partial charge in [-0.05, 0) is 24.1 Å². The zero-order valence-electron chi connectivity index (χ0n) is 8.84. The summed E-state index contributed by atoms with van der Waals surface area (Å²) in [5, 5.41) is 11.6. The molecule has 1 aromatic rings. The van der Waals surface area contributed by atoms with E-state index in [0.29, 0.717) is 12.2 Å². The number of aliphatic carboxylic acids is 1. The third-order valence-corrected chi connectivity index (χ3v) is 2.39. The molecule has 1 unspecified atom stereocenters. The lowest BCUT2D eigenvalue weighted by Gasteiger charge is -2.11. The molecule has 0 saturated carbocycles. The summed E-state index contributed by atoms with van der Waals surface area (Å²) in [6.45, 7) is 2.33. The van der Waals surface area contributed by atoms with Gasteiger partial charge < -0.3 is 10.4 Å². The van der Waals surface area contributed by atoms with Gasteiger partial charge in [-0.15, -0.1) is 0 Å². The summed E-state index contributed by atoms with van der Waals surface area (Å²) in [5.74, 6) is -1.29. The van der Waals surface area contributed by atoms with Crippen LogP contribution in [0, 0.1) is 11.7 Å². The average molecular weight is 246 g/mol. The highest BCUT2D eigenvalue weighted by Gasteiger charge is 2.07. The van der Waals surface area contributed by atoms with Gasteiger partial charge in [-0.3, -0.25) is 4.79 Å². The van der Waals surface area contributed by atoms with E-state index < -0.39 is 11.8 Å². The second-order valence-electron chi connectivity index (χ2n) is 3.71. The second-order valence-corrected chi connectivity index (χ2v) is 4.12. The summed E-state index contributed by atoms with van der Waals surface area (Å²) in [5.41, 5.74) is 0.684. The molecule has 0 aromatic heterocycles. The van der Waals surface area contributed by atoms with Gasteiger partial charge in [0.05, 0.1) is 5.02 Å². The Kier molecular flexibility index (Phi) is 4.55. The number of hydrogen-bond donors (Lipinski definition) is 2. The van der Waals surface area contributed by atoms with Crippen LogP contribution in [0.3, 0.4) is 0 Å². The molecule has 88 valence electrons. The predicted molar refractivity (Wildman–Crippen MR) is 61.3 cm³/mol. The summed E-state index contributed by atoms with van der Waals surface area (Å²) in [7, 11) is 0. The molecule has 16 heavy (non-hydrogen) atoms. The Morgan fingerprint density at radius 3 is 2.88 bits per heavy atom. The highest BCUT2D eigenvalue weighted by molar-refractivity contribution is 6.31. The molecule has 1 aromatic carbocycles. The lowest BCUT2D eigenvalue weighted by Crippen LogP contribution is -2.14. The Morgan fingerprint density at radius 2 is 2.31 bits per heavy atom. The molecule has 0 saturated heterocycles. The third kappa shape index (κ3) is 4.06. The average Bonchev–Trinajstić information content (AvgIpc) is 2.19. The van der Waals surface area contributed by atoms with Crippen LogP contribution in [-0.4, -0.2) is 17.6 Å². The van der Waals surface area contributed by atoms with Gasteiger partial charge >= 0.3 is 5.97 Å². The van der Waals surface area contributed by atoms with Crippen LogP contribution in [0.25, 0.3) is 0 Å². The molecule has 0 aliphatic heterocycles. The minimum absolute atomic E-state index is 0.00123. The van der Waals surface area contributed by atoms with E-state index in [1.807, 2.05) is 6.92 Å². The molecule has 0 fully saturated rings.